The molecule has 1 aromatic carbocycles. The Balaban J connectivity index is 1.68. The smallest absolute Gasteiger partial charge is 0.145 e. The van der Waals surface area contributed by atoms with Crippen molar-refractivity contribution >= 4 is 23.2 Å². The number of rotatable bonds is 5. The van der Waals surface area contributed by atoms with E-state index in [4.69, 9.17) is 32.5 Å². The second-order valence-corrected chi connectivity index (χ2v) is 7.28. The molecule has 0 unspecified atom stereocenters. The van der Waals surface area contributed by atoms with Crippen LogP contribution in [0.1, 0.15) is 55.8 Å². The van der Waals surface area contributed by atoms with Crippen LogP contribution in [0.2, 0.25) is 10.0 Å². The molecular weight excluding hydrogens is 333 g/mol. The summed E-state index contributed by atoms with van der Waals surface area (Å²) in [7, 11) is 0. The van der Waals surface area contributed by atoms with Crippen molar-refractivity contribution < 1.29 is 9.26 Å². The molecule has 5 heteroatoms. The van der Waals surface area contributed by atoms with Crippen molar-refractivity contribution in [2.45, 2.75) is 57.2 Å². The lowest BCUT2D eigenvalue weighted by Crippen LogP contribution is -2.08. The Labute approximate surface area is 145 Å². The molecule has 0 atom stereocenters. The summed E-state index contributed by atoms with van der Waals surface area (Å²) >= 11 is 12.7. The Hall–Kier alpha value is -1.03. The van der Waals surface area contributed by atoms with Gasteiger partial charge in [0.05, 0.1) is 22.8 Å². The van der Waals surface area contributed by atoms with E-state index in [2.05, 4.69) is 5.16 Å². The average molecular weight is 352 g/mol. The lowest BCUT2D eigenvalue weighted by atomic mass is 10.0. The quantitative estimate of drug-likeness (QED) is 0.663. The lowest BCUT2D eigenvalue weighted by molar-refractivity contribution is 0.0451. The van der Waals surface area contributed by atoms with Crippen LogP contribution in [0.3, 0.4) is 0 Å². The summed E-state index contributed by atoms with van der Waals surface area (Å²) in [6, 6.07) is 5.50. The van der Waals surface area contributed by atoms with Gasteiger partial charge in [0.15, 0.2) is 0 Å². The highest BCUT2D eigenvalue weighted by Gasteiger charge is 2.33. The van der Waals surface area contributed by atoms with E-state index in [0.29, 0.717) is 28.7 Å². The van der Waals surface area contributed by atoms with Crippen LogP contribution in [-0.4, -0.2) is 11.3 Å². The van der Waals surface area contributed by atoms with Gasteiger partial charge in [0, 0.05) is 17.0 Å². The van der Waals surface area contributed by atoms with Crippen LogP contribution in [0.5, 0.6) is 0 Å². The molecule has 1 aromatic heterocycles. The third-order valence-electron chi connectivity index (χ3n) is 4.73. The molecule has 0 bridgehead atoms. The van der Waals surface area contributed by atoms with Crippen molar-refractivity contribution in [3.63, 3.8) is 0 Å². The van der Waals surface area contributed by atoms with Crippen molar-refractivity contribution in [1.29, 1.82) is 0 Å². The topological polar surface area (TPSA) is 35.3 Å². The van der Waals surface area contributed by atoms with E-state index >= 15 is 0 Å². The van der Waals surface area contributed by atoms with E-state index < -0.39 is 0 Å². The summed E-state index contributed by atoms with van der Waals surface area (Å²) in [5.41, 5.74) is 2.51. The van der Waals surface area contributed by atoms with Gasteiger partial charge in [-0.25, -0.2) is 0 Å². The first-order chi connectivity index (χ1) is 11.2. The summed E-state index contributed by atoms with van der Waals surface area (Å²) in [4.78, 5) is 0. The van der Waals surface area contributed by atoms with Gasteiger partial charge in [-0.05, 0) is 37.8 Å². The molecule has 122 valence electrons. The molecule has 23 heavy (non-hydrogen) atoms. The third-order valence-corrected chi connectivity index (χ3v) is 5.36. The summed E-state index contributed by atoms with van der Waals surface area (Å²) in [6.45, 7) is 0.525. The molecule has 2 fully saturated rings. The van der Waals surface area contributed by atoms with Crippen LogP contribution in [0, 0.1) is 0 Å². The minimum Gasteiger partial charge on any atom is -0.373 e. The Morgan fingerprint density at radius 2 is 1.78 bits per heavy atom. The zero-order valence-corrected chi connectivity index (χ0v) is 14.4. The predicted octanol–water partition coefficient (Wildman–Crippen LogP) is 5.99. The number of benzene rings is 1. The van der Waals surface area contributed by atoms with Crippen LogP contribution in [0.4, 0.5) is 0 Å². The summed E-state index contributed by atoms with van der Waals surface area (Å²) in [5, 5.41) is 5.48. The van der Waals surface area contributed by atoms with E-state index in [1.807, 2.05) is 18.2 Å². The normalized spacial score (nSPS) is 18.7. The maximum atomic E-state index is 6.36. The van der Waals surface area contributed by atoms with E-state index in [0.717, 1.165) is 48.3 Å². The Kier molecular flexibility index (Phi) is 4.35. The zero-order chi connectivity index (χ0) is 15.8. The number of ether oxygens (including phenoxy) is 1. The monoisotopic (exact) mass is 351 g/mol. The molecule has 0 amide bonds. The lowest BCUT2D eigenvalue weighted by Gasteiger charge is -2.12. The van der Waals surface area contributed by atoms with Crippen molar-refractivity contribution in [2.24, 2.45) is 0 Å². The SMILES string of the molecule is Clc1cccc(Cl)c1-c1noc(C2CC2)c1COC1CCCC1. The molecule has 2 aliphatic rings. The maximum absolute atomic E-state index is 6.36. The van der Waals surface area contributed by atoms with E-state index in [1.165, 1.54) is 12.8 Å². The number of nitrogens with zero attached hydrogens (tertiary/aromatic N) is 1. The fourth-order valence-electron chi connectivity index (χ4n) is 3.30. The highest BCUT2D eigenvalue weighted by Crippen LogP contribution is 2.46. The first kappa shape index (κ1) is 15.5. The molecule has 2 aliphatic carbocycles. The molecule has 2 saturated carbocycles. The minimum atomic E-state index is 0.353. The van der Waals surface area contributed by atoms with Gasteiger partial charge in [0.25, 0.3) is 0 Å². The van der Waals surface area contributed by atoms with Gasteiger partial charge < -0.3 is 9.26 Å². The molecule has 1 heterocycles. The predicted molar refractivity (Wildman–Crippen MR) is 91.0 cm³/mol. The Bertz CT molecular complexity index is 683. The van der Waals surface area contributed by atoms with Crippen molar-refractivity contribution in [3.05, 3.63) is 39.6 Å². The van der Waals surface area contributed by atoms with Gasteiger partial charge >= 0.3 is 0 Å². The molecule has 0 radical (unpaired) electrons. The standard InChI is InChI=1S/C18H19Cl2NO2/c19-14-6-3-7-15(20)16(14)17-13(10-22-12-4-1-2-5-12)18(23-21-17)11-8-9-11/h3,6-7,11-12H,1-2,4-5,8-10H2. The zero-order valence-electron chi connectivity index (χ0n) is 12.9. The fraction of sp³-hybridized carbons (Fsp3) is 0.500. The first-order valence-electron chi connectivity index (χ1n) is 8.28. The number of hydrogen-bond acceptors (Lipinski definition) is 3. The minimum absolute atomic E-state index is 0.353. The maximum Gasteiger partial charge on any atom is 0.145 e. The van der Waals surface area contributed by atoms with Crippen molar-refractivity contribution in [2.75, 3.05) is 0 Å². The average Bonchev–Trinajstić information content (AvgIpc) is 3.08. The van der Waals surface area contributed by atoms with E-state index in [9.17, 15) is 0 Å². The first-order valence-corrected chi connectivity index (χ1v) is 9.04. The largest absolute Gasteiger partial charge is 0.373 e. The molecule has 0 aliphatic heterocycles. The second kappa shape index (κ2) is 6.46. The van der Waals surface area contributed by atoms with Crippen molar-refractivity contribution in [3.8, 4) is 11.3 Å². The van der Waals surface area contributed by atoms with Crippen LogP contribution < -0.4 is 0 Å². The second-order valence-electron chi connectivity index (χ2n) is 6.46. The summed E-state index contributed by atoms with van der Waals surface area (Å²) < 4.78 is 11.8. The van der Waals surface area contributed by atoms with Gasteiger partial charge in [0.2, 0.25) is 0 Å². The molecule has 0 N–H and O–H groups in total. The molecular formula is C18H19Cl2NO2. The summed E-state index contributed by atoms with van der Waals surface area (Å²) in [6.07, 6.45) is 7.47. The molecule has 0 saturated heterocycles. The molecule has 3 nitrogen and oxygen atoms in total. The van der Waals surface area contributed by atoms with E-state index in [-0.39, 0.29) is 0 Å². The Morgan fingerprint density at radius 3 is 2.43 bits per heavy atom. The van der Waals surface area contributed by atoms with Crippen LogP contribution in [0.15, 0.2) is 22.7 Å². The number of halogens is 2. The highest BCUT2D eigenvalue weighted by molar-refractivity contribution is 6.39. The Morgan fingerprint density at radius 1 is 1.09 bits per heavy atom. The molecule has 2 aromatic rings. The number of hydrogen-bond donors (Lipinski definition) is 0. The number of aromatic nitrogens is 1. The van der Waals surface area contributed by atoms with Gasteiger partial charge in [-0.2, -0.15) is 0 Å². The van der Waals surface area contributed by atoms with Crippen LogP contribution >= 0.6 is 23.2 Å². The third kappa shape index (κ3) is 3.15. The van der Waals surface area contributed by atoms with Gasteiger partial charge in [-0.15, -0.1) is 0 Å². The van der Waals surface area contributed by atoms with Gasteiger partial charge in [-0.1, -0.05) is 47.3 Å². The van der Waals surface area contributed by atoms with Crippen LogP contribution in [-0.2, 0) is 11.3 Å². The fourth-order valence-corrected chi connectivity index (χ4v) is 3.88. The van der Waals surface area contributed by atoms with Gasteiger partial charge in [0.1, 0.15) is 11.5 Å². The van der Waals surface area contributed by atoms with Crippen LogP contribution in [0.25, 0.3) is 11.3 Å². The molecule has 0 spiro atoms. The highest BCUT2D eigenvalue weighted by atomic mass is 35.5. The van der Waals surface area contributed by atoms with Gasteiger partial charge in [-0.3, -0.25) is 0 Å². The summed E-state index contributed by atoms with van der Waals surface area (Å²) in [5.74, 6) is 1.42. The van der Waals surface area contributed by atoms with Crippen molar-refractivity contribution in [1.82, 2.24) is 5.16 Å². The molecule has 4 rings (SSSR count). The van der Waals surface area contributed by atoms with E-state index in [1.54, 1.807) is 0 Å².